The molecule has 2 aliphatic heterocycles. The minimum absolute atomic E-state index is 0.0938. The Balaban J connectivity index is 1.25. The molecular weight excluding hydrogens is 468 g/mol. The molecule has 3 aliphatic rings. The number of amides is 2. The van der Waals surface area contributed by atoms with E-state index in [1.165, 1.54) is 11.8 Å². The molecule has 8 nitrogen and oxygen atoms in total. The van der Waals surface area contributed by atoms with E-state index in [4.69, 9.17) is 31.2 Å². The number of ether oxygens (including phenoxy) is 4. The van der Waals surface area contributed by atoms with E-state index in [0.29, 0.717) is 35.1 Å². The smallest absolute Gasteiger partial charge is 0.407 e. The molecule has 0 spiro atoms. The largest absolute Gasteiger partial charge is 0.471 e. The summed E-state index contributed by atoms with van der Waals surface area (Å²) in [6.45, 7) is 1.59. The van der Waals surface area contributed by atoms with E-state index in [1.54, 1.807) is 11.8 Å². The summed E-state index contributed by atoms with van der Waals surface area (Å²) in [4.78, 5) is 23.8. The molecule has 2 amide bonds. The number of nitrogens with one attached hydrogen (secondary N) is 2. The van der Waals surface area contributed by atoms with Gasteiger partial charge >= 0.3 is 12.2 Å². The van der Waals surface area contributed by atoms with Crippen molar-refractivity contribution >= 4 is 64.9 Å². The van der Waals surface area contributed by atoms with E-state index in [0.717, 1.165) is 31.4 Å². The topological polar surface area (TPSA) is 95.1 Å². The van der Waals surface area contributed by atoms with Crippen molar-refractivity contribution in [3.05, 3.63) is 0 Å². The van der Waals surface area contributed by atoms with Crippen LogP contribution in [0.15, 0.2) is 0 Å². The number of thiocarbonyl (C=S) groups is 1. The summed E-state index contributed by atoms with van der Waals surface area (Å²) >= 11 is 12.2. The monoisotopic (exact) mass is 496 g/mol. The zero-order chi connectivity index (χ0) is 21.3. The van der Waals surface area contributed by atoms with Crippen LogP contribution in [0, 0.1) is 11.8 Å². The van der Waals surface area contributed by atoms with E-state index >= 15 is 0 Å². The molecule has 0 aromatic heterocycles. The van der Waals surface area contributed by atoms with Gasteiger partial charge < -0.3 is 29.6 Å². The molecule has 0 aromatic rings. The highest BCUT2D eigenvalue weighted by Gasteiger charge is 2.26. The summed E-state index contributed by atoms with van der Waals surface area (Å²) in [5.41, 5.74) is 0. The van der Waals surface area contributed by atoms with Gasteiger partial charge in [0, 0.05) is 24.6 Å². The number of thioether (sulfide) groups is 2. The van der Waals surface area contributed by atoms with Gasteiger partial charge in [0.15, 0.2) is 0 Å². The average Bonchev–Trinajstić information content (AvgIpc) is 3.35. The van der Waals surface area contributed by atoms with Gasteiger partial charge in [-0.2, -0.15) is 0 Å². The molecule has 1 aliphatic carbocycles. The first-order valence-corrected chi connectivity index (χ1v) is 13.0. The quantitative estimate of drug-likeness (QED) is 0.346. The molecule has 2 N–H and O–H groups in total. The third kappa shape index (κ3) is 8.52. The fraction of sp³-hybridized carbons (Fsp3) is 0.833. The molecule has 3 rings (SSSR count). The second-order valence-electron chi connectivity index (χ2n) is 7.56. The Morgan fingerprint density at radius 3 is 2.23 bits per heavy atom. The highest BCUT2D eigenvalue weighted by molar-refractivity contribution is 8.22. The number of carbonyl (C=O) groups excluding carboxylic acids is 2. The van der Waals surface area contributed by atoms with Gasteiger partial charge in [0.05, 0.1) is 0 Å². The van der Waals surface area contributed by atoms with E-state index in [1.807, 2.05) is 0 Å². The molecule has 12 heteroatoms. The van der Waals surface area contributed by atoms with Crippen LogP contribution in [0.5, 0.6) is 0 Å². The lowest BCUT2D eigenvalue weighted by Crippen LogP contribution is -2.37. The van der Waals surface area contributed by atoms with Crippen molar-refractivity contribution in [1.82, 2.24) is 10.6 Å². The molecule has 2 saturated heterocycles. The molecule has 3 fully saturated rings. The van der Waals surface area contributed by atoms with Crippen molar-refractivity contribution in [3.8, 4) is 0 Å². The number of carbonyl (C=O) groups is 2. The Labute approximate surface area is 196 Å². The SMILES string of the molecule is O=C(NCC1CCCC(CNC(=O)OCC2CSC(S)O2)C1)OCC1CSC(=S)O1. The van der Waals surface area contributed by atoms with Crippen LogP contribution in [0.3, 0.4) is 0 Å². The average molecular weight is 497 g/mol. The number of alkyl carbamates (subject to hydrolysis) is 2. The highest BCUT2D eigenvalue weighted by Crippen LogP contribution is 2.29. The first kappa shape index (κ1) is 24.1. The lowest BCUT2D eigenvalue weighted by Gasteiger charge is -2.29. The zero-order valence-electron chi connectivity index (χ0n) is 16.6. The fourth-order valence-corrected chi connectivity index (χ4v) is 5.89. The summed E-state index contributed by atoms with van der Waals surface area (Å²) < 4.78 is 21.6. The number of hydrogen-bond donors (Lipinski definition) is 3. The molecule has 5 unspecified atom stereocenters. The lowest BCUT2D eigenvalue weighted by molar-refractivity contribution is 0.0421. The second-order valence-corrected chi connectivity index (χ2v) is 11.1. The van der Waals surface area contributed by atoms with Crippen LogP contribution in [0.1, 0.15) is 25.7 Å². The van der Waals surface area contributed by atoms with E-state index < -0.39 is 12.2 Å². The number of hydrogen-bond acceptors (Lipinski definition) is 10. The van der Waals surface area contributed by atoms with Gasteiger partial charge in [-0.3, -0.25) is 0 Å². The molecule has 0 radical (unpaired) electrons. The van der Waals surface area contributed by atoms with Crippen molar-refractivity contribution in [2.24, 2.45) is 11.8 Å². The molecule has 170 valence electrons. The zero-order valence-corrected chi connectivity index (χ0v) is 19.9. The third-order valence-electron chi connectivity index (χ3n) is 5.15. The summed E-state index contributed by atoms with van der Waals surface area (Å²) in [5.74, 6) is 2.24. The first-order valence-electron chi connectivity index (χ1n) is 10.1. The summed E-state index contributed by atoms with van der Waals surface area (Å²) in [7, 11) is 0. The maximum atomic E-state index is 11.9. The van der Waals surface area contributed by atoms with Crippen LogP contribution >= 0.6 is 48.4 Å². The van der Waals surface area contributed by atoms with Crippen molar-refractivity contribution in [2.45, 2.75) is 42.7 Å². The Hall–Kier alpha value is -0.560. The minimum Gasteiger partial charge on any atom is -0.471 e. The van der Waals surface area contributed by atoms with Gasteiger partial charge in [-0.1, -0.05) is 18.2 Å². The van der Waals surface area contributed by atoms with E-state index in [9.17, 15) is 9.59 Å². The van der Waals surface area contributed by atoms with Crippen LogP contribution in [0.2, 0.25) is 0 Å². The molecule has 0 aromatic carbocycles. The van der Waals surface area contributed by atoms with Gasteiger partial charge in [-0.15, -0.1) is 24.4 Å². The maximum Gasteiger partial charge on any atom is 0.407 e. The normalized spacial score (nSPS) is 31.1. The number of thiol groups is 1. The van der Waals surface area contributed by atoms with Crippen molar-refractivity contribution in [3.63, 3.8) is 0 Å². The first-order chi connectivity index (χ1) is 14.5. The Kier molecular flexibility index (Phi) is 10.0. The Morgan fingerprint density at radius 1 is 1.07 bits per heavy atom. The second kappa shape index (κ2) is 12.5. The van der Waals surface area contributed by atoms with Gasteiger partial charge in [0.1, 0.15) is 30.2 Å². The molecule has 5 atom stereocenters. The molecule has 0 bridgehead atoms. The van der Waals surface area contributed by atoms with Crippen molar-refractivity contribution in [1.29, 1.82) is 0 Å². The van der Waals surface area contributed by atoms with Crippen molar-refractivity contribution in [2.75, 3.05) is 37.8 Å². The van der Waals surface area contributed by atoms with E-state index in [-0.39, 0.29) is 30.2 Å². The third-order valence-corrected chi connectivity index (χ3v) is 8.00. The van der Waals surface area contributed by atoms with E-state index in [2.05, 4.69) is 23.3 Å². The standard InChI is InChI=1S/C18H28N2O6S4/c21-15(23-7-13-9-29-17(27)25-13)19-5-11-2-1-3-12(4-11)6-20-16(22)24-8-14-10-30-18(28)26-14/h11-14,17,27H,1-10H2,(H,19,21)(H,20,22). The number of rotatable bonds is 8. The fourth-order valence-electron chi connectivity index (χ4n) is 3.64. The predicted octanol–water partition coefficient (Wildman–Crippen LogP) is 3.01. The summed E-state index contributed by atoms with van der Waals surface area (Å²) in [6, 6.07) is 0. The Bertz CT molecular complexity index is 613. The van der Waals surface area contributed by atoms with Crippen LogP contribution in [-0.4, -0.2) is 71.4 Å². The molecule has 30 heavy (non-hydrogen) atoms. The molecular formula is C18H28N2O6S4. The van der Waals surface area contributed by atoms with Gasteiger partial charge in [0.2, 0.25) is 4.38 Å². The van der Waals surface area contributed by atoms with Gasteiger partial charge in [-0.25, -0.2) is 9.59 Å². The van der Waals surface area contributed by atoms with Crippen LogP contribution < -0.4 is 10.6 Å². The van der Waals surface area contributed by atoms with Crippen molar-refractivity contribution < 1.29 is 28.5 Å². The predicted molar refractivity (Wildman–Crippen MR) is 124 cm³/mol. The molecule has 2 heterocycles. The molecule has 1 saturated carbocycles. The minimum atomic E-state index is -0.430. The van der Waals surface area contributed by atoms with Crippen LogP contribution in [0.4, 0.5) is 9.59 Å². The van der Waals surface area contributed by atoms with Crippen LogP contribution in [0.25, 0.3) is 0 Å². The lowest BCUT2D eigenvalue weighted by atomic mass is 9.81. The van der Waals surface area contributed by atoms with Gasteiger partial charge in [-0.05, 0) is 43.3 Å². The highest BCUT2D eigenvalue weighted by atomic mass is 32.2. The maximum absolute atomic E-state index is 11.9. The summed E-state index contributed by atoms with van der Waals surface area (Å²) in [5, 5.41) is 5.68. The van der Waals surface area contributed by atoms with Crippen LogP contribution in [-0.2, 0) is 18.9 Å². The summed E-state index contributed by atoms with van der Waals surface area (Å²) in [6.07, 6.45) is 3.04. The Morgan fingerprint density at radius 2 is 1.70 bits per heavy atom. The van der Waals surface area contributed by atoms with Gasteiger partial charge in [0.25, 0.3) is 0 Å².